The minimum absolute atomic E-state index is 0. The Hall–Kier alpha value is -0.791. The van der Waals surface area contributed by atoms with E-state index in [0.717, 1.165) is 0 Å². The monoisotopic (exact) mass is 215 g/mol. The Morgan fingerprint density at radius 3 is 0.800 bits per heavy atom. The molecule has 10 heteroatoms. The Morgan fingerprint density at radius 1 is 0.800 bits per heavy atom. The van der Waals surface area contributed by atoms with Crippen LogP contribution in [0, 0.1) is 30.6 Å². The van der Waals surface area contributed by atoms with Crippen LogP contribution in [0.1, 0.15) is 0 Å². The molecule has 0 aromatic carbocycles. The topological polar surface area (TPSA) is 132 Å². The molecule has 0 aromatic rings. The molecular formula is HClMnN2O6. The van der Waals surface area contributed by atoms with Gasteiger partial charge in [-0.3, -0.25) is 0 Å². The Kier molecular flexibility index (Phi) is 36.0. The minimum atomic E-state index is -1.75. The van der Waals surface area contributed by atoms with E-state index in [1.54, 1.807) is 0 Å². The number of hydrogen-bond donors (Lipinski definition) is 0. The van der Waals surface area contributed by atoms with Crippen molar-refractivity contribution < 1.29 is 27.2 Å². The maximum Gasteiger partial charge on any atom is 2.00 e. The fourth-order valence-electron chi connectivity index (χ4n) is 0. The molecule has 0 aliphatic carbocycles. The fourth-order valence-corrected chi connectivity index (χ4v) is 0. The van der Waals surface area contributed by atoms with Crippen molar-refractivity contribution in [2.24, 2.45) is 0 Å². The van der Waals surface area contributed by atoms with Crippen LogP contribution in [0.15, 0.2) is 0 Å². The first kappa shape index (κ1) is 22.9. The van der Waals surface area contributed by atoms with Gasteiger partial charge in [0.1, 0.15) is 0 Å². The van der Waals surface area contributed by atoms with E-state index in [9.17, 15) is 0 Å². The molecule has 0 unspecified atom stereocenters. The number of hydrogen-bond acceptors (Lipinski definition) is 6. The maximum absolute atomic E-state index is 8.25. The summed E-state index contributed by atoms with van der Waals surface area (Å²) in [4.78, 5) is 16.5. The van der Waals surface area contributed by atoms with Crippen LogP contribution in [0.3, 0.4) is 0 Å². The summed E-state index contributed by atoms with van der Waals surface area (Å²) in [6.07, 6.45) is 0. The normalized spacial score (nSPS) is 4.80. The third kappa shape index (κ3) is 445. The Morgan fingerprint density at radius 2 is 0.800 bits per heavy atom. The molecule has 0 heterocycles. The molecule has 1 radical (unpaired) electrons. The van der Waals surface area contributed by atoms with E-state index in [2.05, 4.69) is 0 Å². The summed E-state index contributed by atoms with van der Waals surface area (Å²) in [5, 5.41) is 29.5. The van der Waals surface area contributed by atoms with Crippen molar-refractivity contribution in [3.8, 4) is 0 Å². The Labute approximate surface area is 70.9 Å². The zero-order valence-electron chi connectivity index (χ0n) is 4.13. The summed E-state index contributed by atoms with van der Waals surface area (Å²) in [5.41, 5.74) is 0. The SMILES string of the molecule is Cl.O=[N+]([O-])[O-].O=[N+]([O-])[O-].[Mn+2]. The van der Waals surface area contributed by atoms with Crippen LogP contribution in [0.4, 0.5) is 0 Å². The zero-order chi connectivity index (χ0) is 7.15. The predicted octanol–water partition coefficient (Wildman–Crippen LogP) is -0.0589. The van der Waals surface area contributed by atoms with Crippen LogP contribution >= 0.6 is 12.4 Å². The van der Waals surface area contributed by atoms with Crippen molar-refractivity contribution in [1.82, 2.24) is 0 Å². The van der Waals surface area contributed by atoms with Crippen molar-refractivity contribution in [3.05, 3.63) is 30.6 Å². The van der Waals surface area contributed by atoms with Gasteiger partial charge in [0, 0.05) is 0 Å². The molecule has 0 saturated heterocycles. The predicted molar refractivity (Wildman–Crippen MR) is 28.0 cm³/mol. The third-order valence-corrected chi connectivity index (χ3v) is 0. The Bertz CT molecular complexity index is 73.7. The molecule has 8 nitrogen and oxygen atoms in total. The second kappa shape index (κ2) is 15.7. The molecule has 0 aliphatic rings. The largest absolute Gasteiger partial charge is 2.00 e. The maximum atomic E-state index is 8.25. The molecule has 0 N–H and O–H groups in total. The Balaban J connectivity index is -0.0000000300. The standard InChI is InChI=1S/ClH.Mn.2NO3/c;;2*2-1(3)4/h1H;;;/q;+2;2*-1. The molecule has 0 amide bonds. The van der Waals surface area contributed by atoms with E-state index in [1.807, 2.05) is 0 Å². The number of nitrogens with zero attached hydrogens (tertiary/aromatic N) is 2. The summed E-state index contributed by atoms with van der Waals surface area (Å²) in [6.45, 7) is 0. The summed E-state index contributed by atoms with van der Waals surface area (Å²) in [7, 11) is 0. The van der Waals surface area contributed by atoms with Crippen LogP contribution < -0.4 is 0 Å². The quantitative estimate of drug-likeness (QED) is 0.316. The van der Waals surface area contributed by atoms with E-state index < -0.39 is 10.2 Å². The van der Waals surface area contributed by atoms with Gasteiger partial charge in [-0.15, -0.1) is 12.4 Å². The molecule has 10 heavy (non-hydrogen) atoms. The molecule has 0 fully saturated rings. The molecule has 0 aromatic heterocycles. The van der Waals surface area contributed by atoms with E-state index in [4.69, 9.17) is 30.6 Å². The summed E-state index contributed by atoms with van der Waals surface area (Å²) in [5.74, 6) is 0. The molecule has 0 bridgehead atoms. The van der Waals surface area contributed by atoms with Gasteiger partial charge in [-0.05, 0) is 0 Å². The van der Waals surface area contributed by atoms with Crippen molar-refractivity contribution >= 4 is 12.4 Å². The number of halogens is 1. The van der Waals surface area contributed by atoms with Gasteiger partial charge in [-0.2, -0.15) is 0 Å². The first-order chi connectivity index (χ1) is 3.46. The number of rotatable bonds is 0. The van der Waals surface area contributed by atoms with E-state index in [0.29, 0.717) is 0 Å². The molecule has 0 spiro atoms. The van der Waals surface area contributed by atoms with Crippen molar-refractivity contribution in [1.29, 1.82) is 0 Å². The van der Waals surface area contributed by atoms with Gasteiger partial charge in [0.25, 0.3) is 0 Å². The van der Waals surface area contributed by atoms with Gasteiger partial charge in [-0.1, -0.05) is 0 Å². The van der Waals surface area contributed by atoms with Crippen molar-refractivity contribution in [3.63, 3.8) is 0 Å². The van der Waals surface area contributed by atoms with E-state index >= 15 is 0 Å². The van der Waals surface area contributed by atoms with Crippen molar-refractivity contribution in [2.45, 2.75) is 0 Å². The fraction of sp³-hybridized carbons (Fsp3) is 0. The first-order valence-corrected chi connectivity index (χ1v) is 1.10. The molecule has 0 aliphatic heterocycles. The summed E-state index contributed by atoms with van der Waals surface area (Å²) >= 11 is 0. The zero-order valence-corrected chi connectivity index (χ0v) is 6.13. The molecule has 0 rings (SSSR count). The second-order valence-corrected chi connectivity index (χ2v) is 0.447. The molecule has 0 saturated carbocycles. The van der Waals surface area contributed by atoms with Crippen LogP contribution in [-0.2, 0) is 17.1 Å². The summed E-state index contributed by atoms with van der Waals surface area (Å²) < 4.78 is 0. The van der Waals surface area contributed by atoms with Crippen LogP contribution in [0.2, 0.25) is 0 Å². The second-order valence-electron chi connectivity index (χ2n) is 0.447. The van der Waals surface area contributed by atoms with Gasteiger partial charge in [0.05, 0.1) is 10.2 Å². The van der Waals surface area contributed by atoms with Crippen molar-refractivity contribution in [2.75, 3.05) is 0 Å². The molecule has 0 atom stereocenters. The minimum Gasteiger partial charge on any atom is -0.356 e. The first-order valence-electron chi connectivity index (χ1n) is 1.10. The smallest absolute Gasteiger partial charge is 0.356 e. The van der Waals surface area contributed by atoms with Gasteiger partial charge in [0.2, 0.25) is 0 Å². The van der Waals surface area contributed by atoms with Gasteiger partial charge >= 0.3 is 17.1 Å². The molecular weight excluding hydrogens is 214 g/mol. The van der Waals surface area contributed by atoms with Crippen LogP contribution in [-0.4, -0.2) is 10.2 Å². The van der Waals surface area contributed by atoms with Gasteiger partial charge in [-0.25, -0.2) is 0 Å². The van der Waals surface area contributed by atoms with Gasteiger partial charge < -0.3 is 30.6 Å². The summed E-state index contributed by atoms with van der Waals surface area (Å²) in [6, 6.07) is 0. The van der Waals surface area contributed by atoms with E-state index in [-0.39, 0.29) is 29.5 Å². The van der Waals surface area contributed by atoms with Gasteiger partial charge in [0.15, 0.2) is 0 Å². The van der Waals surface area contributed by atoms with Crippen LogP contribution in [0.5, 0.6) is 0 Å². The third-order valence-electron chi connectivity index (χ3n) is 0. The average molecular weight is 215 g/mol. The van der Waals surface area contributed by atoms with Crippen LogP contribution in [0.25, 0.3) is 0 Å². The van der Waals surface area contributed by atoms with E-state index in [1.165, 1.54) is 0 Å². The average Bonchev–Trinajstić information content (AvgIpc) is 1.25. The molecule has 61 valence electrons.